The summed E-state index contributed by atoms with van der Waals surface area (Å²) in [5.41, 5.74) is 10.8. The minimum atomic E-state index is -1.06. The van der Waals surface area contributed by atoms with Crippen molar-refractivity contribution in [2.24, 2.45) is 23.2 Å². The molecule has 9 aliphatic rings. The molecule has 10 heterocycles. The molecule has 432 valence electrons. The van der Waals surface area contributed by atoms with Gasteiger partial charge in [-0.2, -0.15) is 0 Å². The summed E-state index contributed by atoms with van der Waals surface area (Å²) < 4.78 is 34.6. The van der Waals surface area contributed by atoms with Crippen molar-refractivity contribution in [2.75, 3.05) is 71.1 Å². The van der Waals surface area contributed by atoms with Crippen LogP contribution in [-0.2, 0) is 46.3 Å². The van der Waals surface area contributed by atoms with Gasteiger partial charge in [0.2, 0.25) is 11.8 Å². The summed E-state index contributed by atoms with van der Waals surface area (Å²) in [6, 6.07) is 12.7. The number of aromatic nitrogens is 4. The quantitative estimate of drug-likeness (QED) is 0.108. The lowest BCUT2D eigenvalue weighted by molar-refractivity contribution is -0.172. The van der Waals surface area contributed by atoms with Crippen LogP contribution in [-0.4, -0.2) is 154 Å². The number of pyridine rings is 2. The molecule has 14 rings (SSSR count). The van der Waals surface area contributed by atoms with E-state index in [1.54, 1.807) is 24.6 Å². The fraction of sp³-hybridized carbons (Fsp3) is 0.619. The third-order valence-electron chi connectivity index (χ3n) is 19.3. The highest BCUT2D eigenvalue weighted by atomic mass is 16.5. The second-order valence-corrected chi connectivity index (χ2v) is 26.1. The third-order valence-corrected chi connectivity index (χ3v) is 19.3. The topological polar surface area (TPSA) is 182 Å². The fourth-order valence-corrected chi connectivity index (χ4v) is 14.5. The lowest BCUT2D eigenvalue weighted by Crippen LogP contribution is -2.72. The van der Waals surface area contributed by atoms with E-state index < -0.39 is 23.5 Å². The standard InChI is InChI=1S/C63H82N10O8/c1-37-51(48-12-8-9-18-64-48)52(37)58(74)67-55-57(71-19-10-11-20-71)49-35-79-59(66-49)39-13-16-50-45(30-39)47(33-62(3,4)36-80-61(76)54-40-28-42(29-40)73(68-54)60(55)75)56(72(50)25-27-78-44-17-26-81-63(5,6)32-44)46-31-43(34-65-53(46)38(2)77-7)70-23-21-69(22-24-70)41-14-15-41/h8-9,12-13,16,18,30-31,34-35,37-38,40-42,44,51-52,54-55,57,68H,10-11,14-15,17,19-29,32-33,36H2,1-7H3,(H,67,74)/t37-,38-,40?,42?,44+,51-,52+,54-,55-,57+/m0/s1. The van der Waals surface area contributed by atoms with Gasteiger partial charge in [0.25, 0.3) is 5.91 Å². The van der Waals surface area contributed by atoms with Gasteiger partial charge in [0, 0.05) is 116 Å². The van der Waals surface area contributed by atoms with Crippen molar-refractivity contribution in [1.82, 2.24) is 45.1 Å². The van der Waals surface area contributed by atoms with Crippen LogP contribution in [0.15, 0.2) is 65.5 Å². The molecule has 18 heteroatoms. The average Bonchev–Trinajstić information content (AvgIpc) is 4.29. The number of oxazole rings is 1. The Kier molecular flexibility index (Phi) is 14.6. The Morgan fingerprint density at radius 1 is 0.938 bits per heavy atom. The molecule has 18 nitrogen and oxygen atoms in total. The largest absolute Gasteiger partial charge is 0.464 e. The van der Waals surface area contributed by atoms with E-state index in [0.29, 0.717) is 69.7 Å². The van der Waals surface area contributed by atoms with Gasteiger partial charge >= 0.3 is 5.97 Å². The maximum absolute atomic E-state index is 15.6. The van der Waals surface area contributed by atoms with Crippen LogP contribution in [0, 0.1) is 23.2 Å². The molecule has 4 aromatic heterocycles. The Labute approximate surface area is 475 Å². The number of nitrogens with zero attached hydrogens (tertiary/aromatic N) is 8. The van der Waals surface area contributed by atoms with Crippen LogP contribution in [0.1, 0.15) is 134 Å². The second kappa shape index (κ2) is 21.8. The van der Waals surface area contributed by atoms with Crippen molar-refractivity contribution in [3.8, 4) is 22.7 Å². The van der Waals surface area contributed by atoms with Crippen LogP contribution >= 0.6 is 0 Å². The number of esters is 1. The van der Waals surface area contributed by atoms with Gasteiger partial charge < -0.3 is 38.1 Å². The summed E-state index contributed by atoms with van der Waals surface area (Å²) in [4.78, 5) is 67.7. The predicted octanol–water partition coefficient (Wildman–Crippen LogP) is 8.01. The molecule has 5 aromatic rings. The number of hydrazine groups is 1. The summed E-state index contributed by atoms with van der Waals surface area (Å²) >= 11 is 0. The maximum atomic E-state index is 15.6. The van der Waals surface area contributed by atoms with Crippen LogP contribution < -0.4 is 15.6 Å². The number of nitrogens with one attached hydrogen (secondary N) is 2. The van der Waals surface area contributed by atoms with Crippen molar-refractivity contribution >= 4 is 34.4 Å². The molecule has 81 heavy (non-hydrogen) atoms. The molecule has 2 amide bonds. The second-order valence-electron chi connectivity index (χ2n) is 26.1. The van der Waals surface area contributed by atoms with Gasteiger partial charge in [0.1, 0.15) is 18.3 Å². The van der Waals surface area contributed by atoms with E-state index >= 15 is 4.79 Å². The van der Waals surface area contributed by atoms with Crippen LogP contribution in [0.25, 0.3) is 33.6 Å². The molecule has 8 fully saturated rings. The van der Waals surface area contributed by atoms with E-state index in [1.165, 1.54) is 12.8 Å². The number of amides is 2. The molecule has 8 atom stereocenters. The Bertz CT molecular complexity index is 3140. The monoisotopic (exact) mass is 1110 g/mol. The zero-order valence-corrected chi connectivity index (χ0v) is 48.4. The summed E-state index contributed by atoms with van der Waals surface area (Å²) in [5, 5.41) is 5.98. The van der Waals surface area contributed by atoms with Gasteiger partial charge in [-0.25, -0.2) is 10.4 Å². The number of hydrogen-bond acceptors (Lipinski definition) is 15. The minimum Gasteiger partial charge on any atom is -0.464 e. The molecular formula is C63H82N10O8. The first kappa shape index (κ1) is 54.5. The minimum absolute atomic E-state index is 0.00213. The van der Waals surface area contributed by atoms with Gasteiger partial charge in [-0.15, -0.1) is 0 Å². The Hall–Kier alpha value is -5.76. The Morgan fingerprint density at radius 3 is 2.48 bits per heavy atom. The Morgan fingerprint density at radius 2 is 1.74 bits per heavy atom. The molecule has 6 aliphatic heterocycles. The number of cyclic esters (lactones) is 1. The number of anilines is 1. The first-order valence-corrected chi connectivity index (χ1v) is 30.2. The number of piperazine rings is 1. The highest BCUT2D eigenvalue weighted by molar-refractivity contribution is 5.95. The van der Waals surface area contributed by atoms with Gasteiger partial charge in [-0.1, -0.05) is 26.8 Å². The summed E-state index contributed by atoms with van der Waals surface area (Å²) in [6.45, 7) is 19.8. The highest BCUT2D eigenvalue weighted by Crippen LogP contribution is 2.53. The van der Waals surface area contributed by atoms with Gasteiger partial charge in [-0.3, -0.25) is 39.2 Å². The smallest absolute Gasteiger partial charge is 0.325 e. The van der Waals surface area contributed by atoms with Crippen LogP contribution in [0.3, 0.4) is 0 Å². The zero-order valence-electron chi connectivity index (χ0n) is 48.4. The Balaban J connectivity index is 0.944. The number of ether oxygens (including phenoxy) is 4. The maximum Gasteiger partial charge on any atom is 0.325 e. The number of likely N-dealkylation sites (tertiary alicyclic amines) is 1. The van der Waals surface area contributed by atoms with Crippen LogP contribution in [0.4, 0.5) is 5.69 Å². The number of fused-ring (bicyclic) bond motifs is 4. The number of benzene rings is 1. The molecule has 2 N–H and O–H groups in total. The van der Waals surface area contributed by atoms with E-state index in [1.807, 2.05) is 24.4 Å². The molecule has 0 spiro atoms. The first-order valence-electron chi connectivity index (χ1n) is 30.2. The zero-order chi connectivity index (χ0) is 55.9. The van der Waals surface area contributed by atoms with Gasteiger partial charge in [-0.05, 0) is 139 Å². The van der Waals surface area contributed by atoms with E-state index in [0.717, 1.165) is 102 Å². The van der Waals surface area contributed by atoms with Crippen LogP contribution in [0.2, 0.25) is 0 Å². The van der Waals surface area contributed by atoms with E-state index in [4.69, 9.17) is 33.3 Å². The highest BCUT2D eigenvalue weighted by Gasteiger charge is 2.56. The average molecular weight is 1110 g/mol. The van der Waals surface area contributed by atoms with Crippen LogP contribution in [0.5, 0.6) is 0 Å². The molecule has 8 bridgehead atoms. The van der Waals surface area contributed by atoms with Gasteiger partial charge in [0.05, 0.1) is 66.0 Å². The van der Waals surface area contributed by atoms with E-state index in [-0.39, 0.29) is 71.9 Å². The number of rotatable bonds is 13. The molecule has 3 aliphatic carbocycles. The summed E-state index contributed by atoms with van der Waals surface area (Å²) in [7, 11) is 1.74. The number of hydrogen-bond donors (Lipinski definition) is 2. The fourth-order valence-electron chi connectivity index (χ4n) is 14.5. The molecule has 0 radical (unpaired) electrons. The SMILES string of the molecule is CO[C@@H](C)c1ncc(N2CCN(C3CC3)CC2)cc1-c1c2c3cc(ccc3n1CCO[C@@H]1CCOC(C)(C)C1)-c1nc(co1)[C@@H](N1CCCC1)[C@H](NC(=O)[C@@H]1[C@@H](C)[C@H]1c1ccccn1)C(=O)N1N[C@H](C(=O)OCC(C)(C)C2)C2CC1C2. The summed E-state index contributed by atoms with van der Waals surface area (Å²) in [5.74, 6) is -0.877. The van der Waals surface area contributed by atoms with Gasteiger partial charge in [0.15, 0.2) is 0 Å². The molecule has 1 aromatic carbocycles. The molecular weight excluding hydrogens is 1020 g/mol. The van der Waals surface area contributed by atoms with E-state index in [9.17, 15) is 9.59 Å². The molecule has 5 saturated heterocycles. The lowest BCUT2D eigenvalue weighted by Gasteiger charge is -2.53. The third kappa shape index (κ3) is 10.7. The van der Waals surface area contributed by atoms with Crippen molar-refractivity contribution < 1.29 is 37.7 Å². The molecule has 0 unspecified atom stereocenters. The molecule has 3 saturated carbocycles. The lowest BCUT2D eigenvalue weighted by atomic mass is 9.73. The van der Waals surface area contributed by atoms with Crippen molar-refractivity contribution in [3.05, 3.63) is 83.8 Å². The van der Waals surface area contributed by atoms with Crippen molar-refractivity contribution in [3.63, 3.8) is 0 Å². The number of carbonyl (C=O) groups excluding carboxylic acids is 3. The van der Waals surface area contributed by atoms with Crippen molar-refractivity contribution in [1.29, 1.82) is 0 Å². The number of methoxy groups -OCH3 is 1. The predicted molar refractivity (Wildman–Crippen MR) is 306 cm³/mol. The normalized spacial score (nSPS) is 29.9. The van der Waals surface area contributed by atoms with Crippen molar-refractivity contribution in [2.45, 2.75) is 160 Å². The summed E-state index contributed by atoms with van der Waals surface area (Å²) in [6.07, 6.45) is 13.1. The van der Waals surface area contributed by atoms with E-state index in [2.05, 4.69) is 101 Å². The number of carbonyl (C=O) groups is 3. The first-order chi connectivity index (χ1) is 39.1.